The number of rotatable bonds is 9. The van der Waals surface area contributed by atoms with E-state index in [0.29, 0.717) is 0 Å². The number of carbonyl (C=O) groups excluding carboxylic acids is 1. The molecular formula is C8H14O6P2. The number of hydrogen-bond acceptors (Lipinski definition) is 6. The van der Waals surface area contributed by atoms with Crippen LogP contribution in [0.5, 0.6) is 0 Å². The maximum atomic E-state index is 11.2. The molecule has 16 heavy (non-hydrogen) atoms. The van der Waals surface area contributed by atoms with Gasteiger partial charge in [-0.2, -0.15) is 0 Å². The van der Waals surface area contributed by atoms with Crippen molar-refractivity contribution in [3.05, 3.63) is 0 Å². The molecule has 0 spiro atoms. The van der Waals surface area contributed by atoms with E-state index in [2.05, 4.69) is 0 Å². The van der Waals surface area contributed by atoms with E-state index in [4.69, 9.17) is 14.2 Å². The molecule has 0 aliphatic carbocycles. The van der Waals surface area contributed by atoms with Gasteiger partial charge in [0.05, 0.1) is 0 Å². The summed E-state index contributed by atoms with van der Waals surface area (Å²) >= 11 is 0. The first-order valence-electron chi connectivity index (χ1n) is 4.54. The molecule has 0 heterocycles. The van der Waals surface area contributed by atoms with E-state index in [-0.39, 0.29) is 36.4 Å². The van der Waals surface area contributed by atoms with Crippen LogP contribution in [0.2, 0.25) is 0 Å². The predicted molar refractivity (Wildman–Crippen MR) is 57.0 cm³/mol. The minimum Gasteiger partial charge on any atom is -0.460 e. The molecule has 92 valence electrons. The van der Waals surface area contributed by atoms with Crippen LogP contribution in [0.1, 0.15) is 12.8 Å². The fourth-order valence-electron chi connectivity index (χ4n) is 0.837. The smallest absolute Gasteiger partial charge is 0.306 e. The highest BCUT2D eigenvalue weighted by atomic mass is 31.1. The van der Waals surface area contributed by atoms with Gasteiger partial charge >= 0.3 is 5.97 Å². The third kappa shape index (κ3) is 6.96. The summed E-state index contributed by atoms with van der Waals surface area (Å²) in [5.74, 6) is -0.462. The van der Waals surface area contributed by atoms with E-state index >= 15 is 0 Å². The van der Waals surface area contributed by atoms with Crippen molar-refractivity contribution >= 4 is 22.9 Å². The second kappa shape index (κ2) is 9.79. The lowest BCUT2D eigenvalue weighted by molar-refractivity contribution is -0.166. The van der Waals surface area contributed by atoms with E-state index in [1.807, 2.05) is 0 Å². The summed E-state index contributed by atoms with van der Waals surface area (Å²) in [6.07, 6.45) is -0.274. The van der Waals surface area contributed by atoms with Gasteiger partial charge in [-0.05, 0) is 6.42 Å². The monoisotopic (exact) mass is 268 g/mol. The Morgan fingerprint density at radius 3 is 2.19 bits per heavy atom. The number of hydrogen-bond donors (Lipinski definition) is 0. The van der Waals surface area contributed by atoms with Crippen molar-refractivity contribution < 1.29 is 28.1 Å². The molecule has 0 bridgehead atoms. The van der Waals surface area contributed by atoms with Crippen molar-refractivity contribution in [2.45, 2.75) is 24.5 Å². The van der Waals surface area contributed by atoms with Gasteiger partial charge < -0.3 is 14.2 Å². The lowest BCUT2D eigenvalue weighted by Crippen LogP contribution is -2.22. The molecule has 0 aromatic rings. The lowest BCUT2D eigenvalue weighted by Gasteiger charge is -2.13. The molecule has 0 unspecified atom stereocenters. The highest BCUT2D eigenvalue weighted by Crippen LogP contribution is 2.23. The fourth-order valence-corrected chi connectivity index (χ4v) is 1.46. The standard InChI is InChI=1S/C8H14O6P2/c1-12-7(13-2)5-14-6(9)3-4-8(15-10)16-11/h7-8H,3-5H2,1-2H3. The molecule has 8 heteroatoms. The normalized spacial score (nSPS) is 13.2. The van der Waals surface area contributed by atoms with Crippen molar-refractivity contribution in [2.75, 3.05) is 20.8 Å². The second-order valence-corrected chi connectivity index (χ2v) is 4.89. The first-order chi connectivity index (χ1) is 7.67. The van der Waals surface area contributed by atoms with Crippen LogP contribution in [-0.2, 0) is 28.1 Å². The zero-order valence-electron chi connectivity index (χ0n) is 9.12. The zero-order valence-corrected chi connectivity index (χ0v) is 10.9. The number of ether oxygens (including phenoxy) is 3. The van der Waals surface area contributed by atoms with E-state index in [1.165, 1.54) is 14.2 Å². The van der Waals surface area contributed by atoms with Crippen LogP contribution in [0, 0.1) is 0 Å². The highest BCUT2D eigenvalue weighted by molar-refractivity contribution is 7.44. The van der Waals surface area contributed by atoms with E-state index in [1.54, 1.807) is 0 Å². The number of carbonyl (C=O) groups is 1. The van der Waals surface area contributed by atoms with Gasteiger partial charge in [0.2, 0.25) is 0 Å². The summed E-state index contributed by atoms with van der Waals surface area (Å²) in [6, 6.07) is 0. The van der Waals surface area contributed by atoms with Crippen molar-refractivity contribution in [3.63, 3.8) is 0 Å². The molecule has 0 aliphatic rings. The summed E-state index contributed by atoms with van der Waals surface area (Å²) in [5.41, 5.74) is 0. The van der Waals surface area contributed by atoms with Crippen molar-refractivity contribution in [2.24, 2.45) is 0 Å². The predicted octanol–water partition coefficient (Wildman–Crippen LogP) is 1.84. The zero-order chi connectivity index (χ0) is 12.4. The molecule has 0 amide bonds. The minimum atomic E-state index is -0.588. The van der Waals surface area contributed by atoms with Crippen LogP contribution in [0.15, 0.2) is 0 Å². The van der Waals surface area contributed by atoms with Gasteiger partial charge in [0.1, 0.15) is 12.0 Å². The molecule has 6 nitrogen and oxygen atoms in total. The minimum absolute atomic E-state index is 0.000673. The quantitative estimate of drug-likeness (QED) is 0.360. The molecular weight excluding hydrogens is 254 g/mol. The van der Waals surface area contributed by atoms with Crippen LogP contribution in [0.25, 0.3) is 0 Å². The summed E-state index contributed by atoms with van der Waals surface area (Å²) in [4.78, 5) is 11.2. The molecule has 0 fully saturated rings. The third-order valence-corrected chi connectivity index (χ3v) is 3.32. The maximum Gasteiger partial charge on any atom is 0.306 e. The summed E-state index contributed by atoms with van der Waals surface area (Å²) in [6.45, 7) is 0.000673. The van der Waals surface area contributed by atoms with Crippen LogP contribution >= 0.6 is 16.9 Å². The molecule has 0 aliphatic heterocycles. The number of esters is 1. The van der Waals surface area contributed by atoms with Gasteiger partial charge in [-0.3, -0.25) is 13.9 Å². The Morgan fingerprint density at radius 1 is 1.19 bits per heavy atom. The van der Waals surface area contributed by atoms with Gasteiger partial charge in [0, 0.05) is 20.6 Å². The summed E-state index contributed by atoms with van der Waals surface area (Å²) in [7, 11) is 2.40. The van der Waals surface area contributed by atoms with Crippen LogP contribution in [0.4, 0.5) is 0 Å². The van der Waals surface area contributed by atoms with Crippen LogP contribution in [-0.4, -0.2) is 38.5 Å². The van der Waals surface area contributed by atoms with Crippen LogP contribution < -0.4 is 0 Å². The summed E-state index contributed by atoms with van der Waals surface area (Å²) < 4.78 is 35.3. The molecule has 0 aromatic carbocycles. The van der Waals surface area contributed by atoms with Crippen molar-refractivity contribution in [3.8, 4) is 0 Å². The van der Waals surface area contributed by atoms with Crippen molar-refractivity contribution in [1.29, 1.82) is 0 Å². The van der Waals surface area contributed by atoms with Gasteiger partial charge in [-0.15, -0.1) is 0 Å². The van der Waals surface area contributed by atoms with Gasteiger partial charge in [-0.1, -0.05) is 0 Å². The Balaban J connectivity index is 3.73. The first kappa shape index (κ1) is 15.6. The maximum absolute atomic E-state index is 11.2. The lowest BCUT2D eigenvalue weighted by atomic mass is 10.3. The fraction of sp³-hybridized carbons (Fsp3) is 0.875. The third-order valence-electron chi connectivity index (χ3n) is 1.76. The molecule has 0 N–H and O–H groups in total. The van der Waals surface area contributed by atoms with Crippen molar-refractivity contribution in [1.82, 2.24) is 0 Å². The molecule has 0 rings (SSSR count). The van der Waals surface area contributed by atoms with Gasteiger partial charge in [-0.25, -0.2) is 0 Å². The first-order valence-corrected chi connectivity index (χ1v) is 6.30. The van der Waals surface area contributed by atoms with Gasteiger partial charge in [0.15, 0.2) is 23.2 Å². The molecule has 0 atom stereocenters. The largest absolute Gasteiger partial charge is 0.460 e. The number of methoxy groups -OCH3 is 2. The highest BCUT2D eigenvalue weighted by Gasteiger charge is 2.14. The molecule has 0 aromatic heterocycles. The molecule has 0 saturated carbocycles. The summed E-state index contributed by atoms with van der Waals surface area (Å²) in [5, 5.41) is -0.548. The van der Waals surface area contributed by atoms with Gasteiger partial charge in [0.25, 0.3) is 0 Å². The molecule has 0 radical (unpaired) electrons. The molecule has 0 saturated heterocycles. The SMILES string of the molecule is COC(COC(=O)CCC(P=O)P=O)OC. The Labute approximate surface area is 97.0 Å². The average molecular weight is 268 g/mol. The average Bonchev–Trinajstić information content (AvgIpc) is 2.31. The topological polar surface area (TPSA) is 78.9 Å². The van der Waals surface area contributed by atoms with Crippen LogP contribution in [0.3, 0.4) is 0 Å². The van der Waals surface area contributed by atoms with E-state index in [9.17, 15) is 13.9 Å². The Morgan fingerprint density at radius 2 is 1.75 bits per heavy atom. The second-order valence-electron chi connectivity index (χ2n) is 2.81. The Bertz CT molecular complexity index is 223. The Hall–Kier alpha value is -0.410. The van der Waals surface area contributed by atoms with E-state index in [0.717, 1.165) is 0 Å². The van der Waals surface area contributed by atoms with E-state index < -0.39 is 17.7 Å². The Kier molecular flexibility index (Phi) is 9.54.